The third-order valence-electron chi connectivity index (χ3n) is 6.43. The van der Waals surface area contributed by atoms with Crippen molar-refractivity contribution in [3.8, 4) is 0 Å². The summed E-state index contributed by atoms with van der Waals surface area (Å²) < 4.78 is 29.5. The van der Waals surface area contributed by atoms with Crippen LogP contribution in [0.4, 0.5) is 0 Å². The number of furan rings is 2. The highest BCUT2D eigenvalue weighted by molar-refractivity contribution is 5.94. The lowest BCUT2D eigenvalue weighted by Gasteiger charge is -2.14. The van der Waals surface area contributed by atoms with Gasteiger partial charge in [0, 0.05) is 19.2 Å². The van der Waals surface area contributed by atoms with Gasteiger partial charge in [-0.25, -0.2) is 19.2 Å². The van der Waals surface area contributed by atoms with E-state index >= 15 is 0 Å². The summed E-state index contributed by atoms with van der Waals surface area (Å²) in [5, 5.41) is 7.00. The van der Waals surface area contributed by atoms with E-state index in [1.165, 1.54) is 32.6 Å². The van der Waals surface area contributed by atoms with Gasteiger partial charge >= 0.3 is 23.9 Å². The number of carbonyl (C=O) groups excluding carboxylic acids is 4. The van der Waals surface area contributed by atoms with Gasteiger partial charge in [-0.1, -0.05) is 66.2 Å². The quantitative estimate of drug-likeness (QED) is 0.167. The van der Waals surface area contributed by atoms with Gasteiger partial charge in [-0.2, -0.15) is 0 Å². The third-order valence-corrected chi connectivity index (χ3v) is 6.43. The van der Waals surface area contributed by atoms with Gasteiger partial charge in [0.1, 0.15) is 12.5 Å². The van der Waals surface area contributed by atoms with E-state index in [9.17, 15) is 19.2 Å². The van der Waals surface area contributed by atoms with Crippen LogP contribution in [-0.4, -0.2) is 63.5 Å². The maximum absolute atomic E-state index is 12.2. The van der Waals surface area contributed by atoms with Crippen LogP contribution in [0, 0.1) is 11.8 Å². The molecule has 2 atom stereocenters. The molecule has 2 unspecified atom stereocenters. The lowest BCUT2D eigenvalue weighted by atomic mass is 10.0. The van der Waals surface area contributed by atoms with Gasteiger partial charge in [0.25, 0.3) is 0 Å². The van der Waals surface area contributed by atoms with Crippen LogP contribution in [0.15, 0.2) is 33.5 Å². The Labute approximate surface area is 248 Å². The molecule has 42 heavy (non-hydrogen) atoms. The van der Waals surface area contributed by atoms with Gasteiger partial charge in [0.15, 0.2) is 0 Å². The second-order valence-corrected chi connectivity index (χ2v) is 9.41. The molecule has 0 aromatic carbocycles. The average Bonchev–Trinajstić information content (AvgIpc) is 3.73. The van der Waals surface area contributed by atoms with Crippen LogP contribution >= 0.6 is 0 Å². The van der Waals surface area contributed by atoms with E-state index in [0.717, 1.165) is 64.7 Å². The first kappa shape index (κ1) is 38.4. The first-order valence-electron chi connectivity index (χ1n) is 14.4. The minimum atomic E-state index is -0.629. The van der Waals surface area contributed by atoms with Crippen LogP contribution in [0.3, 0.4) is 0 Å². The third kappa shape index (κ3) is 14.3. The second-order valence-electron chi connectivity index (χ2n) is 9.41. The number of rotatable bonds is 16. The highest BCUT2D eigenvalue weighted by Crippen LogP contribution is 2.17. The van der Waals surface area contributed by atoms with E-state index in [1.54, 1.807) is 0 Å². The number of methoxy groups -OCH3 is 2. The van der Waals surface area contributed by atoms with E-state index in [1.807, 2.05) is 0 Å². The Morgan fingerprint density at radius 2 is 1.07 bits per heavy atom. The second kappa shape index (κ2) is 23.0. The summed E-state index contributed by atoms with van der Waals surface area (Å²) in [5.74, 6) is -1.41. The van der Waals surface area contributed by atoms with Crippen LogP contribution in [0.5, 0.6) is 0 Å². The number of esters is 4. The number of carbonyl (C=O) groups is 4. The van der Waals surface area contributed by atoms with Crippen molar-refractivity contribution in [1.29, 1.82) is 0 Å². The molecule has 2 rings (SSSR count). The molecule has 0 saturated carbocycles. The molecule has 238 valence electrons. The Balaban J connectivity index is 0.000000932. The summed E-state index contributed by atoms with van der Waals surface area (Å²) in [4.78, 5) is 46.1. The highest BCUT2D eigenvalue weighted by Gasteiger charge is 2.20. The highest BCUT2D eigenvalue weighted by atomic mass is 16.6. The molecular weight excluding hydrogens is 548 g/mol. The Bertz CT molecular complexity index is 960. The molecular formula is C31H48O11. The topological polar surface area (TPSA) is 152 Å². The van der Waals surface area contributed by atoms with Gasteiger partial charge in [0.05, 0.1) is 38.6 Å². The van der Waals surface area contributed by atoms with Crippen molar-refractivity contribution in [2.24, 2.45) is 11.8 Å². The molecule has 2 heterocycles. The van der Waals surface area contributed by atoms with Crippen molar-refractivity contribution >= 4 is 23.9 Å². The Hall–Kier alpha value is -3.60. The lowest BCUT2D eigenvalue weighted by molar-refractivity contribution is 0.0390. The summed E-state index contributed by atoms with van der Waals surface area (Å²) in [6, 6.07) is 2.67. The normalized spacial score (nSPS) is 11.5. The molecule has 0 spiro atoms. The van der Waals surface area contributed by atoms with Crippen LogP contribution < -0.4 is 0 Å². The zero-order chi connectivity index (χ0) is 31.9. The molecule has 11 heteroatoms. The Morgan fingerprint density at radius 3 is 1.48 bits per heavy atom. The molecule has 0 aliphatic heterocycles. The molecule has 2 aromatic rings. The van der Waals surface area contributed by atoms with Gasteiger partial charge in [-0.3, -0.25) is 0 Å². The molecule has 0 bridgehead atoms. The van der Waals surface area contributed by atoms with Crippen LogP contribution in [-0.2, 0) is 18.9 Å². The fourth-order valence-corrected chi connectivity index (χ4v) is 3.66. The molecule has 1 N–H and O–H groups in total. The van der Waals surface area contributed by atoms with Crippen LogP contribution in [0.25, 0.3) is 0 Å². The van der Waals surface area contributed by atoms with E-state index in [-0.39, 0.29) is 22.6 Å². The average molecular weight is 597 g/mol. The minimum Gasteiger partial charge on any atom is -0.465 e. The fraction of sp³-hybridized carbons (Fsp3) is 0.613. The van der Waals surface area contributed by atoms with E-state index < -0.39 is 23.9 Å². The first-order valence-corrected chi connectivity index (χ1v) is 14.4. The smallest absolute Gasteiger partial charge is 0.374 e. The van der Waals surface area contributed by atoms with Crippen molar-refractivity contribution in [3.05, 3.63) is 47.3 Å². The SMILES string of the molecule is CCCCC(CC)COC(=O)c1coc(C(=O)OCC(CC)CCCC)c1.CO.COC(=O)c1coc(C(=O)OC)c1. The van der Waals surface area contributed by atoms with E-state index in [4.69, 9.17) is 23.4 Å². The zero-order valence-electron chi connectivity index (χ0n) is 26.1. The summed E-state index contributed by atoms with van der Waals surface area (Å²) in [5.41, 5.74) is 0.438. The van der Waals surface area contributed by atoms with Crippen molar-refractivity contribution in [2.45, 2.75) is 79.1 Å². The molecule has 2 aromatic heterocycles. The van der Waals surface area contributed by atoms with Crippen molar-refractivity contribution < 1.29 is 52.1 Å². The molecule has 0 aliphatic carbocycles. The summed E-state index contributed by atoms with van der Waals surface area (Å²) in [7, 11) is 3.47. The predicted molar refractivity (Wildman–Crippen MR) is 155 cm³/mol. The summed E-state index contributed by atoms with van der Waals surface area (Å²) in [6.45, 7) is 9.27. The minimum absolute atomic E-state index is 0.0251. The largest absolute Gasteiger partial charge is 0.465 e. The number of unbranched alkanes of at least 4 members (excludes halogenated alkanes) is 2. The molecule has 0 fully saturated rings. The maximum Gasteiger partial charge on any atom is 0.374 e. The molecule has 0 saturated heterocycles. The Kier molecular flexibility index (Phi) is 21.0. The molecule has 11 nitrogen and oxygen atoms in total. The molecule has 0 aliphatic rings. The zero-order valence-corrected chi connectivity index (χ0v) is 26.1. The van der Waals surface area contributed by atoms with Crippen LogP contribution in [0.1, 0.15) is 121 Å². The van der Waals surface area contributed by atoms with Crippen molar-refractivity contribution in [1.82, 2.24) is 0 Å². The Morgan fingerprint density at radius 1 is 0.667 bits per heavy atom. The van der Waals surface area contributed by atoms with Crippen LogP contribution in [0.2, 0.25) is 0 Å². The number of aliphatic hydroxyl groups is 1. The number of aliphatic hydroxyl groups excluding tert-OH is 1. The van der Waals surface area contributed by atoms with Crippen molar-refractivity contribution in [3.63, 3.8) is 0 Å². The van der Waals surface area contributed by atoms with Gasteiger partial charge < -0.3 is 32.9 Å². The fourth-order valence-electron chi connectivity index (χ4n) is 3.66. The number of hydrogen-bond donors (Lipinski definition) is 1. The molecule has 0 radical (unpaired) electrons. The number of hydrogen-bond acceptors (Lipinski definition) is 11. The lowest BCUT2D eigenvalue weighted by Crippen LogP contribution is -2.14. The van der Waals surface area contributed by atoms with E-state index in [0.29, 0.717) is 25.0 Å². The van der Waals surface area contributed by atoms with Gasteiger partial charge in [-0.15, -0.1) is 0 Å². The maximum atomic E-state index is 12.2. The standard InChI is InChI=1S/C22H36O5.C8H8O5.CH4O/c1-5-9-11-17(7-3)14-26-21(23)19-13-20(25-16-19)22(24)27-15-18(8-4)12-10-6-2;1-11-7(9)5-3-6(13-4-5)8(10)12-2;1-2/h13,16-18H,5-12,14-15H2,1-4H3;3-4H,1-2H3;2H,1H3. The monoisotopic (exact) mass is 596 g/mol. The van der Waals surface area contributed by atoms with Gasteiger partial charge in [-0.05, 0) is 24.7 Å². The summed E-state index contributed by atoms with van der Waals surface area (Å²) >= 11 is 0. The van der Waals surface area contributed by atoms with E-state index in [2.05, 4.69) is 37.2 Å². The number of ether oxygens (including phenoxy) is 4. The first-order chi connectivity index (χ1) is 20.2. The van der Waals surface area contributed by atoms with Crippen molar-refractivity contribution in [2.75, 3.05) is 34.5 Å². The molecule has 0 amide bonds. The van der Waals surface area contributed by atoms with Gasteiger partial charge in [0.2, 0.25) is 11.5 Å². The predicted octanol–water partition coefficient (Wildman–Crippen LogP) is 6.49. The summed E-state index contributed by atoms with van der Waals surface area (Å²) in [6.07, 6.45) is 11.0.